The average molecular weight is 720 g/mol. The Morgan fingerprint density at radius 3 is 2.30 bits per heavy atom. The molecule has 0 spiro atoms. The van der Waals surface area contributed by atoms with Crippen LogP contribution in [0.4, 0.5) is 15.8 Å². The second-order valence-corrected chi connectivity index (χ2v) is 14.3. The standard InChI is InChI=1S/C36H25Cl2FN2O9/c37-35-14-25-22(8-9-24-28(25)31(45)40(30(24)44)20-5-7-23(32(46)47)26(43)13-20)29(17-11-16-12-21(42)6-10-27(16)50-15-17)36(35,38)34(49)41(33(35)48)19-3-1-18(39)2-4-19/h1-8,10,12-13,15,24-25,28-29,42-43H,9,11,14H2,(H,46,47)/t24-,25+,28-,29-,35+,36-/m0/s1. The Bertz CT molecular complexity index is 2150. The number of anilines is 2. The zero-order valence-electron chi connectivity index (χ0n) is 25.7. The van der Waals surface area contributed by atoms with Gasteiger partial charge in [-0.1, -0.05) is 11.6 Å². The number of carboxylic acids is 1. The van der Waals surface area contributed by atoms with Gasteiger partial charge in [-0.2, -0.15) is 0 Å². The molecule has 0 aromatic heterocycles. The van der Waals surface area contributed by atoms with Gasteiger partial charge in [-0.3, -0.25) is 19.2 Å². The molecule has 3 aromatic rings. The summed E-state index contributed by atoms with van der Waals surface area (Å²) in [5.74, 6) is -9.19. The molecule has 6 atom stereocenters. The first-order chi connectivity index (χ1) is 23.8. The molecular formula is C36H25Cl2FN2O9. The van der Waals surface area contributed by atoms with Crippen LogP contribution in [0.25, 0.3) is 0 Å². The van der Waals surface area contributed by atoms with Crippen LogP contribution < -0.4 is 14.5 Å². The molecule has 2 aliphatic carbocycles. The van der Waals surface area contributed by atoms with Gasteiger partial charge in [0.15, 0.2) is 9.75 Å². The SMILES string of the molecule is O=C(O)c1ccc(N2C(=O)[C@H]3[C@H](CC=C4[C@H](C5=COc6ccc(O)cc6C5)[C@]5(Cl)C(=O)N(c6ccc(F)cc6)C(=O)[C@]5(Cl)C[C@H]43)C2=O)cc1O. The third kappa shape index (κ3) is 4.24. The third-order valence-corrected chi connectivity index (χ3v) is 11.9. The number of carboxylic acid groups (broad SMARTS) is 1. The van der Waals surface area contributed by atoms with Crippen LogP contribution in [-0.2, 0) is 25.6 Å². The molecule has 3 aliphatic heterocycles. The molecule has 1 saturated carbocycles. The fourth-order valence-corrected chi connectivity index (χ4v) is 9.25. The van der Waals surface area contributed by atoms with Gasteiger partial charge in [0.25, 0.3) is 11.8 Å². The van der Waals surface area contributed by atoms with E-state index >= 15 is 0 Å². The molecule has 8 rings (SSSR count). The summed E-state index contributed by atoms with van der Waals surface area (Å²) in [6, 6.07) is 12.6. The van der Waals surface area contributed by atoms with Crippen molar-refractivity contribution in [1.82, 2.24) is 0 Å². The highest BCUT2D eigenvalue weighted by atomic mass is 35.5. The van der Waals surface area contributed by atoms with Gasteiger partial charge in [0.05, 0.1) is 29.5 Å². The number of hydrogen-bond acceptors (Lipinski definition) is 8. The Kier molecular flexibility index (Phi) is 6.98. The zero-order valence-corrected chi connectivity index (χ0v) is 27.2. The first-order valence-electron chi connectivity index (χ1n) is 15.6. The first kappa shape index (κ1) is 32.0. The number of nitrogens with zero attached hydrogens (tertiary/aromatic N) is 2. The lowest BCUT2D eigenvalue weighted by Crippen LogP contribution is -2.61. The smallest absolute Gasteiger partial charge is 0.339 e. The number of fused-ring (bicyclic) bond motifs is 5. The normalized spacial score (nSPS) is 29.8. The van der Waals surface area contributed by atoms with Crippen LogP contribution in [0.3, 0.4) is 0 Å². The van der Waals surface area contributed by atoms with E-state index in [-0.39, 0.29) is 36.4 Å². The number of aromatic hydroxyl groups is 2. The van der Waals surface area contributed by atoms with E-state index in [0.717, 1.165) is 34.1 Å². The van der Waals surface area contributed by atoms with Gasteiger partial charge in [0, 0.05) is 24.0 Å². The second-order valence-electron chi connectivity index (χ2n) is 13.0. The van der Waals surface area contributed by atoms with Crippen LogP contribution in [0.2, 0.25) is 0 Å². The van der Waals surface area contributed by atoms with E-state index in [0.29, 0.717) is 22.5 Å². The van der Waals surface area contributed by atoms with Gasteiger partial charge in [0.1, 0.15) is 28.6 Å². The fourth-order valence-electron chi connectivity index (χ4n) is 8.30. The quantitative estimate of drug-likeness (QED) is 0.190. The number of amides is 4. The van der Waals surface area contributed by atoms with E-state index in [2.05, 4.69) is 0 Å². The number of phenolic OH excluding ortho intramolecular Hbond substituents is 1. The topological polar surface area (TPSA) is 162 Å². The van der Waals surface area contributed by atoms with Crippen molar-refractivity contribution in [2.45, 2.75) is 29.0 Å². The number of phenols is 2. The van der Waals surface area contributed by atoms with E-state index in [4.69, 9.17) is 27.9 Å². The number of imide groups is 2. The maximum absolute atomic E-state index is 14.5. The lowest BCUT2D eigenvalue weighted by atomic mass is 9.56. The molecule has 0 unspecified atom stereocenters. The molecule has 4 amide bonds. The predicted molar refractivity (Wildman–Crippen MR) is 175 cm³/mol. The van der Waals surface area contributed by atoms with Gasteiger partial charge in [-0.25, -0.2) is 19.0 Å². The number of carbonyl (C=O) groups excluding carboxylic acids is 4. The molecule has 0 radical (unpaired) electrons. The molecule has 3 aromatic carbocycles. The molecule has 3 N–H and O–H groups in total. The van der Waals surface area contributed by atoms with Gasteiger partial charge in [-0.15, -0.1) is 23.2 Å². The minimum Gasteiger partial charge on any atom is -0.508 e. The van der Waals surface area contributed by atoms with Crippen LogP contribution in [0.15, 0.2) is 84.1 Å². The Hall–Kier alpha value is -5.20. The molecule has 2 saturated heterocycles. The monoisotopic (exact) mass is 718 g/mol. The fraction of sp³-hybridized carbons (Fsp3) is 0.250. The largest absolute Gasteiger partial charge is 0.508 e. The van der Waals surface area contributed by atoms with Gasteiger partial charge in [-0.05, 0) is 78.9 Å². The maximum atomic E-state index is 14.5. The summed E-state index contributed by atoms with van der Waals surface area (Å²) in [7, 11) is 0. The summed E-state index contributed by atoms with van der Waals surface area (Å²) in [6.45, 7) is 0. The van der Waals surface area contributed by atoms with Crippen molar-refractivity contribution in [3.8, 4) is 17.2 Å². The van der Waals surface area contributed by atoms with Crippen molar-refractivity contribution >= 4 is 64.2 Å². The molecule has 254 valence electrons. The highest BCUT2D eigenvalue weighted by Crippen LogP contribution is 2.65. The lowest BCUT2D eigenvalue weighted by molar-refractivity contribution is -0.125. The van der Waals surface area contributed by atoms with Gasteiger partial charge < -0.3 is 20.1 Å². The number of ether oxygens (including phenoxy) is 1. The lowest BCUT2D eigenvalue weighted by Gasteiger charge is -2.51. The minimum atomic E-state index is -2.16. The molecule has 5 aliphatic rings. The Morgan fingerprint density at radius 2 is 1.60 bits per heavy atom. The van der Waals surface area contributed by atoms with Gasteiger partial charge in [0.2, 0.25) is 11.8 Å². The molecule has 11 nitrogen and oxygen atoms in total. The molecule has 14 heteroatoms. The summed E-state index contributed by atoms with van der Waals surface area (Å²) >= 11 is 14.8. The first-order valence-corrected chi connectivity index (χ1v) is 16.4. The van der Waals surface area contributed by atoms with E-state index in [1.54, 1.807) is 12.1 Å². The van der Waals surface area contributed by atoms with Crippen molar-refractivity contribution in [1.29, 1.82) is 0 Å². The summed E-state index contributed by atoms with van der Waals surface area (Å²) < 4.78 is 19.8. The minimum absolute atomic E-state index is 0.0330. The maximum Gasteiger partial charge on any atom is 0.339 e. The number of rotatable bonds is 4. The Labute approximate surface area is 292 Å². The highest BCUT2D eigenvalue weighted by molar-refractivity contribution is 6.58. The van der Waals surface area contributed by atoms with E-state index in [9.17, 15) is 43.7 Å². The Balaban J connectivity index is 1.26. The number of benzene rings is 3. The highest BCUT2D eigenvalue weighted by Gasteiger charge is 2.77. The molecule has 50 heavy (non-hydrogen) atoms. The molecule has 3 heterocycles. The third-order valence-electron chi connectivity index (χ3n) is 10.5. The summed E-state index contributed by atoms with van der Waals surface area (Å²) in [5, 5.41) is 29.9. The van der Waals surface area contributed by atoms with Crippen molar-refractivity contribution in [2.24, 2.45) is 23.7 Å². The number of hydrogen-bond donors (Lipinski definition) is 3. The van der Waals surface area contributed by atoms with Crippen molar-refractivity contribution < 1.29 is 48.4 Å². The summed E-state index contributed by atoms with van der Waals surface area (Å²) in [4.78, 5) is 66.0. The predicted octanol–water partition coefficient (Wildman–Crippen LogP) is 5.05. The van der Waals surface area contributed by atoms with E-state index in [1.807, 2.05) is 0 Å². The summed E-state index contributed by atoms with van der Waals surface area (Å²) in [5.41, 5.74) is 1.09. The number of alkyl halides is 2. The van der Waals surface area contributed by atoms with Crippen LogP contribution in [0.5, 0.6) is 17.2 Å². The molecule has 3 fully saturated rings. The van der Waals surface area contributed by atoms with Crippen LogP contribution in [0, 0.1) is 29.5 Å². The number of allylic oxidation sites excluding steroid dienone is 3. The average Bonchev–Trinajstić information content (AvgIpc) is 3.42. The molecular weight excluding hydrogens is 694 g/mol. The Morgan fingerprint density at radius 1 is 0.880 bits per heavy atom. The second kappa shape index (κ2) is 10.9. The van der Waals surface area contributed by atoms with Crippen molar-refractivity contribution in [3.63, 3.8) is 0 Å². The zero-order chi connectivity index (χ0) is 35.4. The number of aromatic carboxylic acids is 1. The van der Waals surface area contributed by atoms with Crippen molar-refractivity contribution in [3.05, 3.63) is 101 Å². The van der Waals surface area contributed by atoms with Crippen molar-refractivity contribution in [2.75, 3.05) is 9.80 Å². The van der Waals surface area contributed by atoms with E-state index < -0.39 is 80.1 Å². The van der Waals surface area contributed by atoms with E-state index in [1.165, 1.54) is 36.6 Å². The van der Waals surface area contributed by atoms with Crippen LogP contribution >= 0.6 is 23.2 Å². The summed E-state index contributed by atoms with van der Waals surface area (Å²) in [6.07, 6.45) is 3.03. The van der Waals surface area contributed by atoms with Crippen LogP contribution in [-0.4, -0.2) is 54.7 Å². The number of halogens is 3. The van der Waals surface area contributed by atoms with Gasteiger partial charge >= 0.3 is 5.97 Å². The number of carbonyl (C=O) groups is 5. The van der Waals surface area contributed by atoms with Crippen LogP contribution in [0.1, 0.15) is 28.8 Å². The molecule has 0 bridgehead atoms.